The summed E-state index contributed by atoms with van der Waals surface area (Å²) in [6.45, 7) is 0. The van der Waals surface area contributed by atoms with Crippen LogP contribution in [0, 0.1) is 0 Å². The summed E-state index contributed by atoms with van der Waals surface area (Å²) in [6.07, 6.45) is 0. The molecule has 0 fully saturated rings. The zero-order valence-corrected chi connectivity index (χ0v) is 9.85. The summed E-state index contributed by atoms with van der Waals surface area (Å²) in [4.78, 5) is 0. The molecular formula is C9H8N8S. The molecule has 9 heteroatoms. The predicted molar refractivity (Wildman–Crippen MR) is 71.7 cm³/mol. The number of hydrogen-bond acceptors (Lipinski definition) is 9. The molecule has 90 valence electrons. The molecule has 1 aromatic heterocycles. The van der Waals surface area contributed by atoms with Crippen LogP contribution < -0.4 is 16.9 Å². The van der Waals surface area contributed by atoms with Crippen molar-refractivity contribution in [3.63, 3.8) is 0 Å². The van der Waals surface area contributed by atoms with Crippen molar-refractivity contribution in [1.82, 2.24) is 8.75 Å². The molecule has 0 saturated carbocycles. The third-order valence-corrected chi connectivity index (χ3v) is 2.87. The Morgan fingerprint density at radius 3 is 2.67 bits per heavy atom. The number of hydrazone groups is 1. The van der Waals surface area contributed by atoms with E-state index in [1.165, 1.54) is 0 Å². The maximum Gasteiger partial charge on any atom is 0.177 e. The fourth-order valence-corrected chi connectivity index (χ4v) is 2.01. The van der Waals surface area contributed by atoms with Gasteiger partial charge < -0.3 is 11.5 Å². The molecule has 0 unspecified atom stereocenters. The largest absolute Gasteiger partial charge is 0.380 e. The van der Waals surface area contributed by atoms with Gasteiger partial charge in [-0.2, -0.15) is 13.8 Å². The molecule has 0 aliphatic carbocycles. The molecule has 2 heterocycles. The smallest absolute Gasteiger partial charge is 0.177 e. The van der Waals surface area contributed by atoms with Gasteiger partial charge in [0.2, 0.25) is 0 Å². The van der Waals surface area contributed by atoms with Crippen molar-refractivity contribution in [2.24, 2.45) is 26.8 Å². The molecule has 0 saturated heterocycles. The SMILES string of the molecule is NC1=NN=C(N)C1=NNc1cccc2nsnc12. The summed E-state index contributed by atoms with van der Waals surface area (Å²) in [5.74, 6) is 0.368. The standard InChI is InChI=1S/C9H8N8S/c10-8-7(9(11)15-14-8)13-12-4-2-1-3-5-6(4)17-18-16-5/h1-3,12H,(H4,10,11,13,14,15). The topological polar surface area (TPSA) is 127 Å². The quantitative estimate of drug-likeness (QED) is 0.660. The second-order valence-corrected chi connectivity index (χ2v) is 4.01. The van der Waals surface area contributed by atoms with E-state index in [9.17, 15) is 0 Å². The van der Waals surface area contributed by atoms with Crippen molar-refractivity contribution >= 4 is 45.8 Å². The molecule has 18 heavy (non-hydrogen) atoms. The highest BCUT2D eigenvalue weighted by molar-refractivity contribution is 7.00. The number of hydrogen-bond donors (Lipinski definition) is 3. The molecule has 3 rings (SSSR count). The first-order valence-corrected chi connectivity index (χ1v) is 5.71. The summed E-state index contributed by atoms with van der Waals surface area (Å²) in [5.41, 5.74) is 16.6. The molecule has 0 amide bonds. The third-order valence-electron chi connectivity index (χ3n) is 2.32. The molecular weight excluding hydrogens is 252 g/mol. The molecule has 5 N–H and O–H groups in total. The van der Waals surface area contributed by atoms with Crippen molar-refractivity contribution in [2.75, 3.05) is 5.43 Å². The number of nitrogens with two attached hydrogens (primary N) is 2. The molecule has 0 atom stereocenters. The van der Waals surface area contributed by atoms with Crippen LogP contribution in [-0.4, -0.2) is 26.1 Å². The van der Waals surface area contributed by atoms with Gasteiger partial charge in [-0.05, 0) is 12.1 Å². The number of aromatic nitrogens is 2. The maximum absolute atomic E-state index is 5.58. The lowest BCUT2D eigenvalue weighted by molar-refractivity contribution is 1.25. The van der Waals surface area contributed by atoms with E-state index in [0.29, 0.717) is 5.71 Å². The summed E-state index contributed by atoms with van der Waals surface area (Å²) < 4.78 is 8.31. The van der Waals surface area contributed by atoms with Crippen molar-refractivity contribution in [3.05, 3.63) is 18.2 Å². The minimum Gasteiger partial charge on any atom is -0.380 e. The van der Waals surface area contributed by atoms with Gasteiger partial charge in [-0.25, -0.2) is 0 Å². The van der Waals surface area contributed by atoms with Gasteiger partial charge in [-0.3, -0.25) is 5.43 Å². The van der Waals surface area contributed by atoms with Gasteiger partial charge in [0.05, 0.1) is 17.4 Å². The number of fused-ring (bicyclic) bond motifs is 1. The van der Waals surface area contributed by atoms with Crippen molar-refractivity contribution in [1.29, 1.82) is 0 Å². The van der Waals surface area contributed by atoms with Gasteiger partial charge in [-0.15, -0.1) is 10.2 Å². The van der Waals surface area contributed by atoms with E-state index in [1.54, 1.807) is 0 Å². The Morgan fingerprint density at radius 1 is 1.11 bits per heavy atom. The van der Waals surface area contributed by atoms with Gasteiger partial charge in [-0.1, -0.05) is 6.07 Å². The molecule has 0 spiro atoms. The van der Waals surface area contributed by atoms with Crippen LogP contribution in [0.4, 0.5) is 5.69 Å². The van der Waals surface area contributed by atoms with E-state index in [0.717, 1.165) is 28.4 Å². The average Bonchev–Trinajstić information content (AvgIpc) is 2.95. The summed E-state index contributed by atoms with van der Waals surface area (Å²) in [7, 11) is 0. The summed E-state index contributed by atoms with van der Waals surface area (Å²) >= 11 is 1.14. The van der Waals surface area contributed by atoms with Gasteiger partial charge in [0.25, 0.3) is 0 Å². The zero-order valence-electron chi connectivity index (χ0n) is 9.03. The predicted octanol–water partition coefficient (Wildman–Crippen LogP) is 0.102. The Morgan fingerprint density at radius 2 is 1.89 bits per heavy atom. The second-order valence-electron chi connectivity index (χ2n) is 3.48. The van der Waals surface area contributed by atoms with Crippen LogP contribution in [0.1, 0.15) is 0 Å². The average molecular weight is 260 g/mol. The van der Waals surface area contributed by atoms with E-state index >= 15 is 0 Å². The van der Waals surface area contributed by atoms with Gasteiger partial charge in [0, 0.05) is 0 Å². The lowest BCUT2D eigenvalue weighted by Gasteiger charge is -2.02. The number of nitrogens with zero attached hydrogens (tertiary/aromatic N) is 5. The molecule has 2 aromatic rings. The first-order valence-electron chi connectivity index (χ1n) is 4.98. The number of anilines is 1. The normalized spacial score (nSPS) is 14.6. The molecule has 8 nitrogen and oxygen atoms in total. The zero-order chi connectivity index (χ0) is 12.5. The minimum atomic E-state index is 0.184. The monoisotopic (exact) mass is 260 g/mol. The van der Waals surface area contributed by atoms with Crippen LogP contribution >= 0.6 is 11.7 Å². The minimum absolute atomic E-state index is 0.184. The van der Waals surface area contributed by atoms with E-state index < -0.39 is 0 Å². The molecule has 0 bridgehead atoms. The van der Waals surface area contributed by atoms with Crippen molar-refractivity contribution in [3.8, 4) is 0 Å². The van der Waals surface area contributed by atoms with Crippen LogP contribution in [0.25, 0.3) is 11.0 Å². The fraction of sp³-hybridized carbons (Fsp3) is 0. The van der Waals surface area contributed by atoms with Crippen molar-refractivity contribution in [2.45, 2.75) is 0 Å². The lowest BCUT2D eigenvalue weighted by atomic mass is 10.3. The van der Waals surface area contributed by atoms with E-state index in [4.69, 9.17) is 11.5 Å². The number of rotatable bonds is 2. The van der Waals surface area contributed by atoms with E-state index in [1.807, 2.05) is 18.2 Å². The summed E-state index contributed by atoms with van der Waals surface area (Å²) in [6, 6.07) is 5.57. The number of amidine groups is 2. The molecule has 0 radical (unpaired) electrons. The Bertz CT molecular complexity index is 677. The number of nitrogens with one attached hydrogen (secondary N) is 1. The highest BCUT2D eigenvalue weighted by atomic mass is 32.1. The lowest BCUT2D eigenvalue weighted by Crippen LogP contribution is -2.32. The Kier molecular flexibility index (Phi) is 2.38. The first kappa shape index (κ1) is 10.6. The first-order chi connectivity index (χ1) is 8.75. The van der Waals surface area contributed by atoms with Crippen LogP contribution in [0.5, 0.6) is 0 Å². The highest BCUT2D eigenvalue weighted by Crippen LogP contribution is 2.21. The Hall–Kier alpha value is -2.55. The Balaban J connectivity index is 1.94. The van der Waals surface area contributed by atoms with Crippen LogP contribution in [-0.2, 0) is 0 Å². The van der Waals surface area contributed by atoms with Gasteiger partial charge in [0.1, 0.15) is 11.0 Å². The molecule has 1 aliphatic heterocycles. The van der Waals surface area contributed by atoms with Crippen LogP contribution in [0.2, 0.25) is 0 Å². The third kappa shape index (κ3) is 1.66. The summed E-state index contributed by atoms with van der Waals surface area (Å²) in [5, 5.41) is 11.3. The number of benzene rings is 1. The van der Waals surface area contributed by atoms with Crippen molar-refractivity contribution < 1.29 is 0 Å². The van der Waals surface area contributed by atoms with Gasteiger partial charge in [0.15, 0.2) is 17.4 Å². The van der Waals surface area contributed by atoms with Crippen LogP contribution in [0.15, 0.2) is 33.5 Å². The Labute approximate surface area is 105 Å². The molecule has 1 aromatic carbocycles. The van der Waals surface area contributed by atoms with E-state index in [2.05, 4.69) is 29.5 Å². The van der Waals surface area contributed by atoms with E-state index in [-0.39, 0.29) is 11.7 Å². The van der Waals surface area contributed by atoms with Gasteiger partial charge >= 0.3 is 0 Å². The van der Waals surface area contributed by atoms with Crippen LogP contribution in [0.3, 0.4) is 0 Å². The second kappa shape index (κ2) is 4.04. The highest BCUT2D eigenvalue weighted by Gasteiger charge is 2.16. The fourth-order valence-electron chi connectivity index (χ4n) is 1.46. The maximum atomic E-state index is 5.58. The molecule has 1 aliphatic rings.